The number of carbonyl (C=O) groups excluding carboxylic acids is 1. The highest BCUT2D eigenvalue weighted by Gasteiger charge is 2.16. The first kappa shape index (κ1) is 13.0. The summed E-state index contributed by atoms with van der Waals surface area (Å²) in [5.41, 5.74) is 0.681. The molecule has 1 heterocycles. The maximum absolute atomic E-state index is 11.8. The zero-order valence-electron chi connectivity index (χ0n) is 10.0. The van der Waals surface area contributed by atoms with E-state index < -0.39 is 0 Å². The van der Waals surface area contributed by atoms with Crippen LogP contribution in [0.2, 0.25) is 0 Å². The number of aliphatic hydroxyl groups excluding tert-OH is 1. The molecule has 0 aliphatic carbocycles. The number of aliphatic hydroxyl groups is 1. The molecular formula is C12H15NO4S. The number of thioether (sulfide) groups is 1. The van der Waals surface area contributed by atoms with E-state index in [1.807, 2.05) is 6.92 Å². The first-order valence-electron chi connectivity index (χ1n) is 5.63. The topological polar surface area (TPSA) is 67.8 Å². The van der Waals surface area contributed by atoms with Crippen LogP contribution in [-0.2, 0) is 4.79 Å². The van der Waals surface area contributed by atoms with Crippen LogP contribution in [0, 0.1) is 0 Å². The smallest absolute Gasteiger partial charge is 0.237 e. The largest absolute Gasteiger partial charge is 0.454 e. The van der Waals surface area contributed by atoms with Gasteiger partial charge in [-0.15, -0.1) is 11.8 Å². The highest BCUT2D eigenvalue weighted by Crippen LogP contribution is 2.34. The van der Waals surface area contributed by atoms with E-state index in [2.05, 4.69) is 5.32 Å². The highest BCUT2D eigenvalue weighted by molar-refractivity contribution is 8.00. The monoisotopic (exact) mass is 269 g/mol. The zero-order valence-corrected chi connectivity index (χ0v) is 10.8. The number of fused-ring (bicyclic) bond motifs is 1. The van der Waals surface area contributed by atoms with E-state index in [-0.39, 0.29) is 24.6 Å². The summed E-state index contributed by atoms with van der Waals surface area (Å²) < 4.78 is 10.4. The minimum absolute atomic E-state index is 0.0757. The van der Waals surface area contributed by atoms with Crippen molar-refractivity contribution in [3.8, 4) is 11.5 Å². The van der Waals surface area contributed by atoms with Crippen LogP contribution in [0.4, 0.5) is 5.69 Å². The summed E-state index contributed by atoms with van der Waals surface area (Å²) in [7, 11) is 0. The molecule has 18 heavy (non-hydrogen) atoms. The Balaban J connectivity index is 1.94. The fourth-order valence-electron chi connectivity index (χ4n) is 1.52. The summed E-state index contributed by atoms with van der Waals surface area (Å²) in [5, 5.41) is 11.3. The van der Waals surface area contributed by atoms with Gasteiger partial charge in [-0.3, -0.25) is 4.79 Å². The lowest BCUT2D eigenvalue weighted by Crippen LogP contribution is -2.23. The minimum Gasteiger partial charge on any atom is -0.454 e. The second kappa shape index (κ2) is 5.97. The van der Waals surface area contributed by atoms with Crippen LogP contribution in [0.1, 0.15) is 6.92 Å². The van der Waals surface area contributed by atoms with Crippen LogP contribution in [0.3, 0.4) is 0 Å². The molecule has 2 rings (SSSR count). The summed E-state index contributed by atoms with van der Waals surface area (Å²) in [6, 6.07) is 5.28. The Morgan fingerprint density at radius 1 is 1.50 bits per heavy atom. The van der Waals surface area contributed by atoms with Gasteiger partial charge in [-0.2, -0.15) is 0 Å². The normalized spacial score (nSPS) is 14.3. The van der Waals surface area contributed by atoms with Gasteiger partial charge >= 0.3 is 0 Å². The number of carbonyl (C=O) groups is 1. The summed E-state index contributed by atoms with van der Waals surface area (Å²) in [5.74, 6) is 1.79. The average Bonchev–Trinajstić information content (AvgIpc) is 2.83. The van der Waals surface area contributed by atoms with Crippen molar-refractivity contribution in [3.05, 3.63) is 18.2 Å². The quantitative estimate of drug-likeness (QED) is 0.847. The summed E-state index contributed by atoms with van der Waals surface area (Å²) in [6.45, 7) is 2.10. The van der Waals surface area contributed by atoms with Gasteiger partial charge in [0.2, 0.25) is 12.7 Å². The van der Waals surface area contributed by atoms with Gasteiger partial charge in [0.15, 0.2) is 11.5 Å². The lowest BCUT2D eigenvalue weighted by atomic mass is 10.2. The second-order valence-electron chi connectivity index (χ2n) is 3.79. The van der Waals surface area contributed by atoms with Gasteiger partial charge in [-0.05, 0) is 19.1 Å². The molecule has 1 atom stereocenters. The molecule has 0 spiro atoms. The SMILES string of the molecule is CC(SCCO)C(=O)Nc1ccc2c(c1)OCO2. The predicted molar refractivity (Wildman–Crippen MR) is 70.2 cm³/mol. The number of ether oxygens (including phenoxy) is 2. The lowest BCUT2D eigenvalue weighted by Gasteiger charge is -2.11. The first-order valence-corrected chi connectivity index (χ1v) is 6.68. The Kier molecular flexibility index (Phi) is 4.33. The van der Waals surface area contributed by atoms with Crippen molar-refractivity contribution in [1.29, 1.82) is 0 Å². The molecule has 1 aromatic rings. The fraction of sp³-hybridized carbons (Fsp3) is 0.417. The molecule has 1 aliphatic heterocycles. The molecule has 1 amide bonds. The van der Waals surface area contributed by atoms with Crippen LogP contribution in [0.15, 0.2) is 18.2 Å². The molecule has 98 valence electrons. The van der Waals surface area contributed by atoms with Crippen LogP contribution in [-0.4, -0.2) is 35.4 Å². The third-order valence-electron chi connectivity index (χ3n) is 2.47. The molecule has 5 nitrogen and oxygen atoms in total. The molecule has 1 aromatic carbocycles. The van der Waals surface area contributed by atoms with E-state index in [0.29, 0.717) is 22.9 Å². The maximum Gasteiger partial charge on any atom is 0.237 e. The van der Waals surface area contributed by atoms with Gasteiger partial charge < -0.3 is 19.9 Å². The number of benzene rings is 1. The summed E-state index contributed by atoms with van der Waals surface area (Å²) in [4.78, 5) is 11.8. The number of nitrogens with one attached hydrogen (secondary N) is 1. The molecule has 0 radical (unpaired) electrons. The van der Waals surface area contributed by atoms with E-state index >= 15 is 0 Å². The standard InChI is InChI=1S/C12H15NO4S/c1-8(18-5-4-14)12(15)13-9-2-3-10-11(6-9)17-7-16-10/h2-3,6,8,14H,4-5,7H2,1H3,(H,13,15). The molecule has 0 bridgehead atoms. The van der Waals surface area contributed by atoms with E-state index in [1.54, 1.807) is 18.2 Å². The van der Waals surface area contributed by atoms with E-state index in [1.165, 1.54) is 11.8 Å². The summed E-state index contributed by atoms with van der Waals surface area (Å²) in [6.07, 6.45) is 0. The van der Waals surface area contributed by atoms with Crippen molar-refractivity contribution in [3.63, 3.8) is 0 Å². The van der Waals surface area contributed by atoms with Crippen LogP contribution in [0.25, 0.3) is 0 Å². The maximum atomic E-state index is 11.8. The Hall–Kier alpha value is -1.40. The van der Waals surface area contributed by atoms with Gasteiger partial charge in [0.25, 0.3) is 0 Å². The Morgan fingerprint density at radius 2 is 2.28 bits per heavy atom. The van der Waals surface area contributed by atoms with Gasteiger partial charge in [-0.25, -0.2) is 0 Å². The van der Waals surface area contributed by atoms with Crippen molar-refractivity contribution < 1.29 is 19.4 Å². The van der Waals surface area contributed by atoms with Crippen LogP contribution in [0.5, 0.6) is 11.5 Å². The van der Waals surface area contributed by atoms with E-state index in [9.17, 15) is 4.79 Å². The third-order valence-corrected chi connectivity index (χ3v) is 3.60. The Morgan fingerprint density at radius 3 is 3.06 bits per heavy atom. The molecule has 1 aliphatic rings. The Bertz CT molecular complexity index is 438. The molecule has 0 fully saturated rings. The van der Waals surface area contributed by atoms with E-state index in [4.69, 9.17) is 14.6 Å². The molecule has 0 aromatic heterocycles. The Labute approximate surface area is 109 Å². The number of rotatable bonds is 5. The van der Waals surface area contributed by atoms with Crippen LogP contribution < -0.4 is 14.8 Å². The van der Waals surface area contributed by atoms with E-state index in [0.717, 1.165) is 0 Å². The van der Waals surface area contributed by atoms with Crippen molar-refractivity contribution in [2.24, 2.45) is 0 Å². The van der Waals surface area contributed by atoms with Gasteiger partial charge in [0.05, 0.1) is 11.9 Å². The number of anilines is 1. The average molecular weight is 269 g/mol. The highest BCUT2D eigenvalue weighted by atomic mass is 32.2. The number of amides is 1. The molecule has 0 saturated carbocycles. The van der Waals surface area contributed by atoms with Crippen molar-refractivity contribution in [1.82, 2.24) is 0 Å². The van der Waals surface area contributed by atoms with Gasteiger partial charge in [-0.1, -0.05) is 0 Å². The van der Waals surface area contributed by atoms with Gasteiger partial charge in [0.1, 0.15) is 0 Å². The lowest BCUT2D eigenvalue weighted by molar-refractivity contribution is -0.115. The minimum atomic E-state index is -0.206. The third kappa shape index (κ3) is 3.08. The van der Waals surface area contributed by atoms with Crippen molar-refractivity contribution >= 4 is 23.4 Å². The molecule has 2 N–H and O–H groups in total. The predicted octanol–water partition coefficient (Wildman–Crippen LogP) is 1.47. The molecule has 1 unspecified atom stereocenters. The summed E-state index contributed by atoms with van der Waals surface area (Å²) >= 11 is 1.41. The first-order chi connectivity index (χ1) is 8.70. The molecule has 6 heteroatoms. The zero-order chi connectivity index (χ0) is 13.0. The van der Waals surface area contributed by atoms with Crippen molar-refractivity contribution in [2.75, 3.05) is 24.5 Å². The second-order valence-corrected chi connectivity index (χ2v) is 5.24. The molecular weight excluding hydrogens is 254 g/mol. The number of hydrogen-bond acceptors (Lipinski definition) is 5. The fourth-order valence-corrected chi connectivity index (χ4v) is 2.19. The number of hydrogen-bond donors (Lipinski definition) is 2. The molecule has 0 saturated heterocycles. The van der Waals surface area contributed by atoms with Gasteiger partial charge in [0, 0.05) is 17.5 Å². The van der Waals surface area contributed by atoms with Crippen LogP contribution >= 0.6 is 11.8 Å². The van der Waals surface area contributed by atoms with Crippen molar-refractivity contribution in [2.45, 2.75) is 12.2 Å².